The fraction of sp³-hybridized carbons (Fsp3) is 0.909. The first kappa shape index (κ1) is 14.2. The molecule has 0 amide bonds. The molecule has 1 rings (SSSR count). The third-order valence-corrected chi connectivity index (χ3v) is 2.82. The number of hydrazine groups is 1. The van der Waals surface area contributed by atoms with Crippen LogP contribution >= 0.6 is 0 Å². The fourth-order valence-corrected chi connectivity index (χ4v) is 1.85. The Kier molecular flexibility index (Phi) is 6.91. The predicted octanol–water partition coefficient (Wildman–Crippen LogP) is -0.0470. The van der Waals surface area contributed by atoms with Crippen LogP contribution in [0.4, 0.5) is 0 Å². The Labute approximate surface area is 103 Å². The van der Waals surface area contributed by atoms with Crippen molar-refractivity contribution in [1.82, 2.24) is 10.3 Å². The lowest BCUT2D eigenvalue weighted by Gasteiger charge is -2.19. The molecule has 1 aliphatic heterocycles. The van der Waals surface area contributed by atoms with E-state index in [-0.39, 0.29) is 6.10 Å². The van der Waals surface area contributed by atoms with Crippen molar-refractivity contribution in [1.29, 1.82) is 0 Å². The van der Waals surface area contributed by atoms with Gasteiger partial charge >= 0.3 is 0 Å². The molecule has 0 saturated carbocycles. The van der Waals surface area contributed by atoms with Crippen LogP contribution in [0.1, 0.15) is 19.8 Å². The molecule has 6 heteroatoms. The summed E-state index contributed by atoms with van der Waals surface area (Å²) >= 11 is 0. The lowest BCUT2D eigenvalue weighted by atomic mass is 10.3. The second-order valence-electron chi connectivity index (χ2n) is 3.99. The van der Waals surface area contributed by atoms with Gasteiger partial charge in [0.1, 0.15) is 0 Å². The summed E-state index contributed by atoms with van der Waals surface area (Å²) in [4.78, 5) is 6.56. The van der Waals surface area contributed by atoms with E-state index in [0.717, 1.165) is 51.6 Å². The molecule has 1 aliphatic rings. The molecular formula is C11H24N4O2. The van der Waals surface area contributed by atoms with Gasteiger partial charge in [0.25, 0.3) is 0 Å². The molecule has 0 aromatic rings. The van der Waals surface area contributed by atoms with Crippen molar-refractivity contribution in [3.8, 4) is 0 Å². The average molecular weight is 244 g/mol. The van der Waals surface area contributed by atoms with E-state index in [4.69, 9.17) is 15.3 Å². The van der Waals surface area contributed by atoms with Gasteiger partial charge in [0.15, 0.2) is 0 Å². The SMILES string of the molecule is CCOCCCN=C(NN)N1CCC(OC)C1. The number of nitrogens with zero attached hydrogens (tertiary/aromatic N) is 2. The number of likely N-dealkylation sites (tertiary alicyclic amines) is 1. The molecule has 1 atom stereocenters. The predicted molar refractivity (Wildman–Crippen MR) is 67.7 cm³/mol. The molecule has 0 spiro atoms. The standard InChI is InChI=1S/C11H24N4O2/c1-3-17-8-4-6-13-11(14-12)15-7-5-10(9-15)16-2/h10H,3-9,12H2,1-2H3,(H,13,14). The first-order valence-electron chi connectivity index (χ1n) is 6.18. The number of nitrogens with two attached hydrogens (primary N) is 1. The molecule has 100 valence electrons. The number of aliphatic imine (C=N–C) groups is 1. The first-order chi connectivity index (χ1) is 8.31. The third kappa shape index (κ3) is 4.89. The summed E-state index contributed by atoms with van der Waals surface area (Å²) in [7, 11) is 1.74. The average Bonchev–Trinajstić information content (AvgIpc) is 2.82. The van der Waals surface area contributed by atoms with E-state index in [0.29, 0.717) is 0 Å². The topological polar surface area (TPSA) is 72.1 Å². The van der Waals surface area contributed by atoms with E-state index >= 15 is 0 Å². The summed E-state index contributed by atoms with van der Waals surface area (Å²) in [6.45, 7) is 6.02. The Morgan fingerprint density at radius 3 is 3.00 bits per heavy atom. The minimum Gasteiger partial charge on any atom is -0.382 e. The number of nitrogens with one attached hydrogen (secondary N) is 1. The van der Waals surface area contributed by atoms with Crippen LogP contribution in [0.5, 0.6) is 0 Å². The third-order valence-electron chi connectivity index (χ3n) is 2.82. The Morgan fingerprint density at radius 2 is 2.41 bits per heavy atom. The van der Waals surface area contributed by atoms with Gasteiger partial charge in [0, 0.05) is 40.0 Å². The van der Waals surface area contributed by atoms with Crippen LogP contribution in [-0.4, -0.2) is 56.9 Å². The molecule has 0 aromatic heterocycles. The van der Waals surface area contributed by atoms with Gasteiger partial charge in [-0.15, -0.1) is 0 Å². The lowest BCUT2D eigenvalue weighted by molar-refractivity contribution is 0.114. The van der Waals surface area contributed by atoms with E-state index in [9.17, 15) is 0 Å². The number of ether oxygens (including phenoxy) is 2. The normalized spacial score (nSPS) is 21.0. The van der Waals surface area contributed by atoms with Gasteiger partial charge in [-0.25, -0.2) is 5.84 Å². The minimum atomic E-state index is 0.289. The van der Waals surface area contributed by atoms with Crippen molar-refractivity contribution in [2.24, 2.45) is 10.8 Å². The van der Waals surface area contributed by atoms with Crippen molar-refractivity contribution in [3.05, 3.63) is 0 Å². The molecule has 0 aromatic carbocycles. The highest BCUT2D eigenvalue weighted by Crippen LogP contribution is 2.11. The molecular weight excluding hydrogens is 220 g/mol. The van der Waals surface area contributed by atoms with E-state index in [1.807, 2.05) is 6.92 Å². The van der Waals surface area contributed by atoms with Gasteiger partial charge < -0.3 is 14.4 Å². The molecule has 1 saturated heterocycles. The fourth-order valence-electron chi connectivity index (χ4n) is 1.85. The highest BCUT2D eigenvalue weighted by atomic mass is 16.5. The maximum Gasteiger partial charge on any atom is 0.208 e. The van der Waals surface area contributed by atoms with E-state index in [1.165, 1.54) is 0 Å². The molecule has 3 N–H and O–H groups in total. The van der Waals surface area contributed by atoms with Gasteiger partial charge in [0.2, 0.25) is 5.96 Å². The van der Waals surface area contributed by atoms with Crippen molar-refractivity contribution in [2.75, 3.05) is 40.0 Å². The number of hydrogen-bond donors (Lipinski definition) is 2. The second-order valence-corrected chi connectivity index (χ2v) is 3.99. The number of methoxy groups -OCH3 is 1. The van der Waals surface area contributed by atoms with Crippen LogP contribution in [0.25, 0.3) is 0 Å². The summed E-state index contributed by atoms with van der Waals surface area (Å²) in [5.74, 6) is 6.24. The maximum atomic E-state index is 5.49. The van der Waals surface area contributed by atoms with E-state index in [1.54, 1.807) is 7.11 Å². The van der Waals surface area contributed by atoms with Gasteiger partial charge in [-0.2, -0.15) is 0 Å². The van der Waals surface area contributed by atoms with Crippen LogP contribution in [-0.2, 0) is 9.47 Å². The van der Waals surface area contributed by atoms with Gasteiger partial charge in [-0.05, 0) is 19.8 Å². The quantitative estimate of drug-likeness (QED) is 0.225. The maximum absolute atomic E-state index is 5.49. The van der Waals surface area contributed by atoms with Crippen molar-refractivity contribution in [3.63, 3.8) is 0 Å². The largest absolute Gasteiger partial charge is 0.382 e. The zero-order chi connectivity index (χ0) is 12.5. The van der Waals surface area contributed by atoms with Gasteiger partial charge in [0.05, 0.1) is 6.10 Å². The lowest BCUT2D eigenvalue weighted by Crippen LogP contribution is -2.44. The zero-order valence-corrected chi connectivity index (χ0v) is 10.8. The van der Waals surface area contributed by atoms with E-state index < -0.39 is 0 Å². The second kappa shape index (κ2) is 8.27. The Morgan fingerprint density at radius 1 is 1.59 bits per heavy atom. The van der Waals surface area contributed by atoms with Crippen molar-refractivity contribution in [2.45, 2.75) is 25.9 Å². The van der Waals surface area contributed by atoms with Crippen LogP contribution in [0.15, 0.2) is 4.99 Å². The van der Waals surface area contributed by atoms with Crippen molar-refractivity contribution >= 4 is 5.96 Å². The highest BCUT2D eigenvalue weighted by Gasteiger charge is 2.24. The molecule has 1 unspecified atom stereocenters. The number of hydrogen-bond acceptors (Lipinski definition) is 4. The molecule has 17 heavy (non-hydrogen) atoms. The Balaban J connectivity index is 2.29. The van der Waals surface area contributed by atoms with Crippen molar-refractivity contribution < 1.29 is 9.47 Å². The molecule has 6 nitrogen and oxygen atoms in total. The first-order valence-corrected chi connectivity index (χ1v) is 6.18. The van der Waals surface area contributed by atoms with Gasteiger partial charge in [-0.3, -0.25) is 10.4 Å². The Bertz CT molecular complexity index is 236. The van der Waals surface area contributed by atoms with Crippen LogP contribution in [0, 0.1) is 0 Å². The number of guanidine groups is 1. The monoisotopic (exact) mass is 244 g/mol. The molecule has 0 aliphatic carbocycles. The molecule has 0 radical (unpaired) electrons. The summed E-state index contributed by atoms with van der Waals surface area (Å²) in [5.41, 5.74) is 2.66. The van der Waals surface area contributed by atoms with Crippen LogP contribution in [0.3, 0.4) is 0 Å². The Hall–Kier alpha value is -0.850. The molecule has 0 bridgehead atoms. The van der Waals surface area contributed by atoms with Crippen LogP contribution < -0.4 is 11.3 Å². The summed E-state index contributed by atoms with van der Waals surface area (Å²) in [6.07, 6.45) is 2.23. The van der Waals surface area contributed by atoms with Gasteiger partial charge in [-0.1, -0.05) is 0 Å². The summed E-state index contributed by atoms with van der Waals surface area (Å²) in [6, 6.07) is 0. The zero-order valence-electron chi connectivity index (χ0n) is 10.8. The smallest absolute Gasteiger partial charge is 0.208 e. The molecule has 1 fully saturated rings. The summed E-state index contributed by atoms with van der Waals surface area (Å²) in [5, 5.41) is 0. The summed E-state index contributed by atoms with van der Waals surface area (Å²) < 4.78 is 10.6. The molecule has 1 heterocycles. The highest BCUT2D eigenvalue weighted by molar-refractivity contribution is 5.79. The number of rotatable bonds is 6. The van der Waals surface area contributed by atoms with E-state index in [2.05, 4.69) is 15.3 Å². The minimum absolute atomic E-state index is 0.289. The van der Waals surface area contributed by atoms with Crippen LogP contribution in [0.2, 0.25) is 0 Å².